The third kappa shape index (κ3) is 8.95. The zero-order valence-corrected chi connectivity index (χ0v) is 23.7. The lowest BCUT2D eigenvalue weighted by atomic mass is 9.78. The van der Waals surface area contributed by atoms with Crippen LogP contribution < -0.4 is 0 Å². The Hall–Kier alpha value is -1.67. The van der Waals surface area contributed by atoms with E-state index in [0.717, 1.165) is 59.8 Å². The molecule has 0 aromatic heterocycles. The van der Waals surface area contributed by atoms with Gasteiger partial charge in [0.1, 0.15) is 5.82 Å². The topological polar surface area (TPSA) is 9.23 Å². The molecule has 0 atom stereocenters. The minimum Gasteiger partial charge on any atom is -0.385 e. The van der Waals surface area contributed by atoms with E-state index < -0.39 is 0 Å². The molecule has 0 amide bonds. The second-order valence-corrected chi connectivity index (χ2v) is 12.3. The summed E-state index contributed by atoms with van der Waals surface area (Å²) in [6.07, 6.45) is 21.0. The summed E-state index contributed by atoms with van der Waals surface area (Å²) >= 11 is 0. The maximum Gasteiger partial charge on any atom is 0.131 e. The van der Waals surface area contributed by atoms with Crippen LogP contribution in [0.1, 0.15) is 108 Å². The van der Waals surface area contributed by atoms with E-state index in [9.17, 15) is 0 Å². The Morgan fingerprint density at radius 2 is 1.19 bits per heavy atom. The van der Waals surface area contributed by atoms with E-state index in [0.29, 0.717) is 0 Å². The molecule has 204 valence electrons. The zero-order chi connectivity index (χ0) is 25.9. The third-order valence-electron chi connectivity index (χ3n) is 9.57. The van der Waals surface area contributed by atoms with Gasteiger partial charge in [0.05, 0.1) is 0 Å². The van der Waals surface area contributed by atoms with Gasteiger partial charge in [-0.25, -0.2) is 4.39 Å². The number of ether oxygens (including phenoxy) is 1. The molecule has 0 radical (unpaired) electrons. The Balaban J connectivity index is 1.20. The number of hydrogen-bond donors (Lipinski definition) is 0. The summed E-state index contributed by atoms with van der Waals surface area (Å²) in [5.41, 5.74) is 4.28. The largest absolute Gasteiger partial charge is 0.385 e. The molecule has 37 heavy (non-hydrogen) atoms. The highest BCUT2D eigenvalue weighted by Crippen LogP contribution is 2.35. The van der Waals surface area contributed by atoms with Crippen LogP contribution in [0.4, 0.5) is 4.39 Å². The fourth-order valence-electron chi connectivity index (χ4n) is 7.08. The highest BCUT2D eigenvalue weighted by molar-refractivity contribution is 5.64. The van der Waals surface area contributed by atoms with Gasteiger partial charge in [-0.3, -0.25) is 0 Å². The molecule has 0 N–H and O–H groups in total. The predicted molar refractivity (Wildman–Crippen MR) is 155 cm³/mol. The maximum absolute atomic E-state index is 15.1. The Morgan fingerprint density at radius 1 is 0.676 bits per heavy atom. The molecule has 4 rings (SSSR count). The van der Waals surface area contributed by atoms with Gasteiger partial charge in [0.15, 0.2) is 0 Å². The van der Waals surface area contributed by atoms with Gasteiger partial charge in [0.25, 0.3) is 0 Å². The average Bonchev–Trinajstić information content (AvgIpc) is 2.93. The van der Waals surface area contributed by atoms with Crippen LogP contribution >= 0.6 is 0 Å². The van der Waals surface area contributed by atoms with Crippen molar-refractivity contribution in [3.05, 3.63) is 59.4 Å². The normalized spacial score (nSPS) is 24.3. The van der Waals surface area contributed by atoms with Gasteiger partial charge in [0, 0.05) is 19.3 Å². The number of aryl methyl sites for hydroxylation is 2. The lowest BCUT2D eigenvalue weighted by Crippen LogP contribution is -2.15. The summed E-state index contributed by atoms with van der Waals surface area (Å²) in [5.74, 6) is 3.50. The summed E-state index contributed by atoms with van der Waals surface area (Å²) in [4.78, 5) is 0. The number of benzene rings is 2. The van der Waals surface area contributed by atoms with E-state index in [1.807, 2.05) is 6.07 Å². The third-order valence-corrected chi connectivity index (χ3v) is 9.57. The van der Waals surface area contributed by atoms with Crippen LogP contribution in [0.3, 0.4) is 0 Å². The maximum atomic E-state index is 15.1. The van der Waals surface area contributed by atoms with Crippen molar-refractivity contribution in [2.45, 2.75) is 110 Å². The summed E-state index contributed by atoms with van der Waals surface area (Å²) in [6.45, 7) is 3.21. The second kappa shape index (κ2) is 15.1. The zero-order valence-electron chi connectivity index (χ0n) is 23.7. The first-order valence-corrected chi connectivity index (χ1v) is 15.5. The first-order chi connectivity index (χ1) is 18.1. The molecule has 2 aromatic rings. The minimum atomic E-state index is -0.0732. The van der Waals surface area contributed by atoms with Crippen molar-refractivity contribution >= 4 is 0 Å². The Labute approximate surface area is 226 Å². The van der Waals surface area contributed by atoms with Crippen molar-refractivity contribution in [1.82, 2.24) is 0 Å². The highest BCUT2D eigenvalue weighted by Gasteiger charge is 2.22. The molecule has 0 aliphatic heterocycles. The van der Waals surface area contributed by atoms with Crippen LogP contribution in [0.15, 0.2) is 42.5 Å². The van der Waals surface area contributed by atoms with Crippen molar-refractivity contribution < 1.29 is 9.13 Å². The van der Waals surface area contributed by atoms with Gasteiger partial charge in [0.2, 0.25) is 0 Å². The number of rotatable bonds is 13. The molecule has 2 aliphatic carbocycles. The Kier molecular flexibility index (Phi) is 11.5. The molecule has 2 saturated carbocycles. The van der Waals surface area contributed by atoms with Crippen LogP contribution in [0.5, 0.6) is 0 Å². The first-order valence-electron chi connectivity index (χ1n) is 15.5. The van der Waals surface area contributed by atoms with Gasteiger partial charge in [-0.1, -0.05) is 108 Å². The predicted octanol–water partition coefficient (Wildman–Crippen LogP) is 10.2. The molecule has 0 heterocycles. The average molecular weight is 507 g/mol. The standard InChI is InChI=1S/C35H51FO/c1-3-5-27-7-11-29(12-8-27)15-16-31-19-22-33(23-20-31)34-24-21-32(26-35(34)36)18-17-30-13-9-28(10-14-30)6-4-25-37-2/h19-24,26-30H,3-18,25H2,1-2H3. The molecule has 2 aliphatic rings. The molecule has 0 saturated heterocycles. The molecule has 2 fully saturated rings. The van der Waals surface area contributed by atoms with Crippen LogP contribution in [-0.4, -0.2) is 13.7 Å². The van der Waals surface area contributed by atoms with Crippen LogP contribution in [-0.2, 0) is 17.6 Å². The summed E-state index contributed by atoms with van der Waals surface area (Å²) in [5, 5.41) is 0. The van der Waals surface area contributed by atoms with Crippen molar-refractivity contribution in [3.63, 3.8) is 0 Å². The fourth-order valence-corrected chi connectivity index (χ4v) is 7.08. The van der Waals surface area contributed by atoms with Gasteiger partial charge in [-0.05, 0) is 85.0 Å². The number of methoxy groups -OCH3 is 1. The quantitative estimate of drug-likeness (QED) is 0.246. The Morgan fingerprint density at radius 3 is 1.73 bits per heavy atom. The highest BCUT2D eigenvalue weighted by atomic mass is 19.1. The van der Waals surface area contributed by atoms with Crippen LogP contribution in [0, 0.1) is 29.5 Å². The smallest absolute Gasteiger partial charge is 0.131 e. The molecule has 1 nitrogen and oxygen atoms in total. The van der Waals surface area contributed by atoms with E-state index in [1.54, 1.807) is 13.2 Å². The van der Waals surface area contributed by atoms with Crippen LogP contribution in [0.25, 0.3) is 11.1 Å². The number of halogens is 1. The van der Waals surface area contributed by atoms with Gasteiger partial charge < -0.3 is 4.74 Å². The van der Waals surface area contributed by atoms with Gasteiger partial charge in [-0.2, -0.15) is 0 Å². The number of hydrogen-bond acceptors (Lipinski definition) is 1. The van der Waals surface area contributed by atoms with E-state index in [4.69, 9.17) is 4.74 Å². The summed E-state index contributed by atoms with van der Waals surface area (Å²) in [7, 11) is 1.79. The van der Waals surface area contributed by atoms with E-state index in [1.165, 1.54) is 95.5 Å². The molecule has 2 heteroatoms. The molecular formula is C35H51FO. The second-order valence-electron chi connectivity index (χ2n) is 12.3. The fraction of sp³-hybridized carbons (Fsp3) is 0.657. The first kappa shape index (κ1) is 28.3. The molecule has 2 aromatic carbocycles. The molecule has 0 bridgehead atoms. The molecule has 0 spiro atoms. The van der Waals surface area contributed by atoms with E-state index in [-0.39, 0.29) is 5.82 Å². The Bertz CT molecular complexity index is 903. The lowest BCUT2D eigenvalue weighted by Gasteiger charge is -2.28. The summed E-state index contributed by atoms with van der Waals surface area (Å²) < 4.78 is 20.3. The van der Waals surface area contributed by atoms with Crippen molar-refractivity contribution in [1.29, 1.82) is 0 Å². The summed E-state index contributed by atoms with van der Waals surface area (Å²) in [6, 6.07) is 14.6. The van der Waals surface area contributed by atoms with Gasteiger partial charge in [-0.15, -0.1) is 0 Å². The minimum absolute atomic E-state index is 0.0732. The van der Waals surface area contributed by atoms with Gasteiger partial charge >= 0.3 is 0 Å². The van der Waals surface area contributed by atoms with Crippen LogP contribution in [0.2, 0.25) is 0 Å². The van der Waals surface area contributed by atoms with Crippen molar-refractivity contribution in [2.75, 3.05) is 13.7 Å². The molecule has 0 unspecified atom stereocenters. The van der Waals surface area contributed by atoms with E-state index in [2.05, 4.69) is 37.3 Å². The lowest BCUT2D eigenvalue weighted by molar-refractivity contribution is 0.175. The molecular weight excluding hydrogens is 455 g/mol. The van der Waals surface area contributed by atoms with Crippen molar-refractivity contribution in [3.8, 4) is 11.1 Å². The van der Waals surface area contributed by atoms with E-state index >= 15 is 4.39 Å². The monoisotopic (exact) mass is 506 g/mol. The SMILES string of the molecule is CCCC1CCC(CCc2ccc(-c3ccc(CCC4CCC(CCCOC)CC4)cc3F)cc2)CC1. The van der Waals surface area contributed by atoms with Crippen molar-refractivity contribution in [2.24, 2.45) is 23.7 Å².